The highest BCUT2D eigenvalue weighted by molar-refractivity contribution is 5.79. The van der Waals surface area contributed by atoms with Crippen LogP contribution in [0.15, 0.2) is 15.7 Å². The van der Waals surface area contributed by atoms with E-state index in [2.05, 4.69) is 4.98 Å². The van der Waals surface area contributed by atoms with Crippen molar-refractivity contribution in [2.45, 2.75) is 38.3 Å². The van der Waals surface area contributed by atoms with Crippen molar-refractivity contribution in [3.8, 4) is 0 Å². The van der Waals surface area contributed by atoms with Gasteiger partial charge in [-0.25, -0.2) is 9.78 Å². The zero-order valence-electron chi connectivity index (χ0n) is 15.8. The standard InChI is InChI=1S/C18H21F3N4O3/c1-4-13(26)25-7-5-10(6-8-25)12-9-11(18(19,20)21)14-15(22-12)23(2)17(28)24(3)16(14)27/h9-10H,4-8H2,1-3H3. The van der Waals surface area contributed by atoms with Gasteiger partial charge in [0.25, 0.3) is 5.56 Å². The number of carbonyl (C=O) groups is 1. The average Bonchev–Trinajstić information content (AvgIpc) is 2.68. The van der Waals surface area contributed by atoms with Crippen molar-refractivity contribution in [2.24, 2.45) is 14.1 Å². The molecule has 1 fully saturated rings. The molecule has 0 atom stereocenters. The molecule has 1 aliphatic heterocycles. The Labute approximate surface area is 158 Å². The van der Waals surface area contributed by atoms with E-state index in [1.807, 2.05) is 0 Å². The number of halogens is 3. The van der Waals surface area contributed by atoms with Crippen molar-refractivity contribution in [3.05, 3.63) is 38.2 Å². The number of likely N-dealkylation sites (tertiary alicyclic amines) is 1. The molecule has 7 nitrogen and oxygen atoms in total. The zero-order valence-corrected chi connectivity index (χ0v) is 15.8. The minimum atomic E-state index is -4.77. The topological polar surface area (TPSA) is 77.2 Å². The second-order valence-corrected chi connectivity index (χ2v) is 7.01. The number of carbonyl (C=O) groups excluding carboxylic acids is 1. The highest BCUT2D eigenvalue weighted by Crippen LogP contribution is 2.36. The Kier molecular flexibility index (Phi) is 5.07. The second kappa shape index (κ2) is 7.06. The molecule has 0 radical (unpaired) electrons. The maximum atomic E-state index is 13.7. The van der Waals surface area contributed by atoms with Crippen LogP contribution in [0.3, 0.4) is 0 Å². The van der Waals surface area contributed by atoms with E-state index >= 15 is 0 Å². The molecule has 0 unspecified atom stereocenters. The van der Waals surface area contributed by atoms with E-state index in [9.17, 15) is 27.6 Å². The van der Waals surface area contributed by atoms with Gasteiger partial charge in [-0.05, 0) is 18.9 Å². The minimum Gasteiger partial charge on any atom is -0.343 e. The molecule has 0 spiro atoms. The van der Waals surface area contributed by atoms with E-state index in [-0.39, 0.29) is 23.2 Å². The smallest absolute Gasteiger partial charge is 0.343 e. The van der Waals surface area contributed by atoms with Crippen molar-refractivity contribution in [2.75, 3.05) is 13.1 Å². The number of rotatable bonds is 2. The Bertz CT molecular complexity index is 1050. The third-order valence-electron chi connectivity index (χ3n) is 5.30. The third kappa shape index (κ3) is 3.31. The van der Waals surface area contributed by atoms with Gasteiger partial charge in [0.2, 0.25) is 5.91 Å². The van der Waals surface area contributed by atoms with Gasteiger partial charge in [-0.15, -0.1) is 0 Å². The highest BCUT2D eigenvalue weighted by atomic mass is 19.4. The molecule has 2 aromatic rings. The summed E-state index contributed by atoms with van der Waals surface area (Å²) in [4.78, 5) is 42.3. The molecular formula is C18H21F3N4O3. The predicted octanol–water partition coefficient (Wildman–Crippen LogP) is 1.77. The molecule has 1 amide bonds. The van der Waals surface area contributed by atoms with Crippen LogP contribution in [0.1, 0.15) is 43.4 Å². The molecule has 3 rings (SSSR count). The van der Waals surface area contributed by atoms with E-state index < -0.39 is 28.4 Å². The van der Waals surface area contributed by atoms with E-state index in [4.69, 9.17) is 0 Å². The number of aromatic nitrogens is 3. The van der Waals surface area contributed by atoms with Crippen LogP contribution in [-0.4, -0.2) is 38.0 Å². The largest absolute Gasteiger partial charge is 0.417 e. The number of nitrogens with zero attached hydrogens (tertiary/aromatic N) is 4. The highest BCUT2D eigenvalue weighted by Gasteiger charge is 2.37. The molecule has 10 heteroatoms. The fourth-order valence-corrected chi connectivity index (χ4v) is 3.66. The molecule has 152 valence electrons. The first-order chi connectivity index (χ1) is 13.1. The molecule has 3 heterocycles. The number of amides is 1. The van der Waals surface area contributed by atoms with Crippen molar-refractivity contribution < 1.29 is 18.0 Å². The number of piperidine rings is 1. The lowest BCUT2D eigenvalue weighted by molar-refractivity contribution is -0.136. The number of fused-ring (bicyclic) bond motifs is 1. The van der Waals surface area contributed by atoms with Crippen LogP contribution in [0.5, 0.6) is 0 Å². The SMILES string of the molecule is CCC(=O)N1CCC(c2cc(C(F)(F)F)c3c(=O)n(C)c(=O)n(C)c3n2)CC1. The first-order valence-electron chi connectivity index (χ1n) is 9.01. The maximum Gasteiger partial charge on any atom is 0.417 e. The van der Waals surface area contributed by atoms with Crippen LogP contribution < -0.4 is 11.2 Å². The summed E-state index contributed by atoms with van der Waals surface area (Å²) in [7, 11) is 2.43. The molecule has 1 saturated heterocycles. The molecule has 0 saturated carbocycles. The van der Waals surface area contributed by atoms with Gasteiger partial charge >= 0.3 is 11.9 Å². The Morgan fingerprint density at radius 3 is 2.32 bits per heavy atom. The fourth-order valence-electron chi connectivity index (χ4n) is 3.66. The molecule has 0 aliphatic carbocycles. The molecular weight excluding hydrogens is 377 g/mol. The van der Waals surface area contributed by atoms with Crippen LogP contribution in [0.25, 0.3) is 11.0 Å². The maximum absolute atomic E-state index is 13.7. The summed E-state index contributed by atoms with van der Waals surface area (Å²) in [5, 5.41) is -0.612. The number of pyridine rings is 1. The molecule has 0 bridgehead atoms. The number of hydrogen-bond acceptors (Lipinski definition) is 4. The Balaban J connectivity index is 2.15. The Morgan fingerprint density at radius 1 is 1.18 bits per heavy atom. The first kappa shape index (κ1) is 20.1. The Morgan fingerprint density at radius 2 is 1.79 bits per heavy atom. The van der Waals surface area contributed by atoms with Crippen molar-refractivity contribution in [1.82, 2.24) is 19.0 Å². The van der Waals surface area contributed by atoms with Gasteiger partial charge in [-0.1, -0.05) is 6.92 Å². The summed E-state index contributed by atoms with van der Waals surface area (Å²) in [6.45, 7) is 2.64. The summed E-state index contributed by atoms with van der Waals surface area (Å²) in [6, 6.07) is 0.913. The molecule has 2 aromatic heterocycles. The average molecular weight is 398 g/mol. The van der Waals surface area contributed by atoms with Crippen molar-refractivity contribution in [3.63, 3.8) is 0 Å². The molecule has 0 N–H and O–H groups in total. The fraction of sp³-hybridized carbons (Fsp3) is 0.556. The van der Waals surface area contributed by atoms with Gasteiger partial charge in [-0.3, -0.25) is 18.7 Å². The van der Waals surface area contributed by atoms with E-state index in [1.54, 1.807) is 11.8 Å². The van der Waals surface area contributed by atoms with Gasteiger partial charge < -0.3 is 4.90 Å². The van der Waals surface area contributed by atoms with E-state index in [0.717, 1.165) is 17.7 Å². The van der Waals surface area contributed by atoms with E-state index in [0.29, 0.717) is 36.9 Å². The quantitative estimate of drug-likeness (QED) is 0.773. The molecule has 0 aromatic carbocycles. The predicted molar refractivity (Wildman–Crippen MR) is 96.1 cm³/mol. The van der Waals surface area contributed by atoms with Crippen LogP contribution in [0.2, 0.25) is 0 Å². The first-order valence-corrected chi connectivity index (χ1v) is 9.01. The van der Waals surface area contributed by atoms with Crippen molar-refractivity contribution >= 4 is 16.9 Å². The van der Waals surface area contributed by atoms with Crippen LogP contribution in [-0.2, 0) is 25.1 Å². The lowest BCUT2D eigenvalue weighted by Crippen LogP contribution is -2.39. The minimum absolute atomic E-state index is 0.00629. The monoisotopic (exact) mass is 398 g/mol. The summed E-state index contributed by atoms with van der Waals surface area (Å²) in [5.74, 6) is -0.280. The zero-order chi connectivity index (χ0) is 20.8. The van der Waals surface area contributed by atoms with Gasteiger partial charge in [0, 0.05) is 45.2 Å². The van der Waals surface area contributed by atoms with Crippen LogP contribution in [0.4, 0.5) is 13.2 Å². The lowest BCUT2D eigenvalue weighted by Gasteiger charge is -2.32. The van der Waals surface area contributed by atoms with E-state index in [1.165, 1.54) is 7.05 Å². The van der Waals surface area contributed by atoms with Crippen molar-refractivity contribution in [1.29, 1.82) is 0 Å². The third-order valence-corrected chi connectivity index (χ3v) is 5.30. The van der Waals surface area contributed by atoms with Gasteiger partial charge in [0.1, 0.15) is 5.65 Å². The number of aryl methyl sites for hydroxylation is 1. The molecule has 1 aliphatic rings. The normalized spacial score (nSPS) is 16.0. The van der Waals surface area contributed by atoms with Gasteiger partial charge in [0.05, 0.1) is 10.9 Å². The summed E-state index contributed by atoms with van der Waals surface area (Å²) >= 11 is 0. The van der Waals surface area contributed by atoms with Crippen LogP contribution >= 0.6 is 0 Å². The van der Waals surface area contributed by atoms with Gasteiger partial charge in [-0.2, -0.15) is 13.2 Å². The summed E-state index contributed by atoms with van der Waals surface area (Å²) in [5.41, 5.74) is -2.93. The number of alkyl halides is 3. The number of hydrogen-bond donors (Lipinski definition) is 0. The Hall–Kier alpha value is -2.65. The summed E-state index contributed by atoms with van der Waals surface area (Å²) < 4.78 is 42.7. The summed E-state index contributed by atoms with van der Waals surface area (Å²) in [6.07, 6.45) is -3.44. The lowest BCUT2D eigenvalue weighted by atomic mass is 9.91. The van der Waals surface area contributed by atoms with Gasteiger partial charge in [0.15, 0.2) is 0 Å². The molecule has 28 heavy (non-hydrogen) atoms. The second-order valence-electron chi connectivity index (χ2n) is 7.01. The van der Waals surface area contributed by atoms with Crippen LogP contribution in [0, 0.1) is 0 Å².